The van der Waals surface area contributed by atoms with Crippen LogP contribution in [0.4, 0.5) is 13.2 Å². The van der Waals surface area contributed by atoms with Gasteiger partial charge in [0.25, 0.3) is 0 Å². The molecule has 0 radical (unpaired) electrons. The maximum absolute atomic E-state index is 12.4. The minimum absolute atomic E-state index is 0.0695. The van der Waals surface area contributed by atoms with E-state index in [-0.39, 0.29) is 24.7 Å². The van der Waals surface area contributed by atoms with Crippen LogP contribution < -0.4 is 0 Å². The SMILES string of the molecule is O=C1C[C@H](c2nc(-c3ccccn3)no2)CN1CC(F)(F)F. The Morgan fingerprint density at radius 3 is 2.86 bits per heavy atom. The molecule has 2 aromatic rings. The molecule has 22 heavy (non-hydrogen) atoms. The predicted molar refractivity (Wildman–Crippen MR) is 67.5 cm³/mol. The first-order valence-electron chi connectivity index (χ1n) is 6.52. The Bertz CT molecular complexity index is 671. The summed E-state index contributed by atoms with van der Waals surface area (Å²) in [7, 11) is 0. The third-order valence-corrected chi connectivity index (χ3v) is 3.27. The number of likely N-dealkylation sites (tertiary alicyclic amines) is 1. The summed E-state index contributed by atoms with van der Waals surface area (Å²) in [5.74, 6) is -0.698. The second-order valence-corrected chi connectivity index (χ2v) is 4.96. The summed E-state index contributed by atoms with van der Waals surface area (Å²) < 4.78 is 42.2. The maximum atomic E-state index is 12.4. The third-order valence-electron chi connectivity index (χ3n) is 3.27. The second-order valence-electron chi connectivity index (χ2n) is 4.96. The lowest BCUT2D eigenvalue weighted by molar-refractivity contribution is -0.157. The van der Waals surface area contributed by atoms with E-state index in [1.807, 2.05) is 0 Å². The number of pyridine rings is 1. The molecule has 0 aromatic carbocycles. The number of aromatic nitrogens is 3. The van der Waals surface area contributed by atoms with Crippen molar-refractivity contribution in [1.82, 2.24) is 20.0 Å². The molecule has 9 heteroatoms. The Morgan fingerprint density at radius 2 is 2.18 bits per heavy atom. The van der Waals surface area contributed by atoms with Gasteiger partial charge >= 0.3 is 6.18 Å². The number of hydrogen-bond donors (Lipinski definition) is 0. The summed E-state index contributed by atoms with van der Waals surface area (Å²) in [6, 6.07) is 5.17. The van der Waals surface area contributed by atoms with Gasteiger partial charge in [0, 0.05) is 19.2 Å². The molecule has 0 aliphatic carbocycles. The first kappa shape index (κ1) is 14.5. The van der Waals surface area contributed by atoms with Gasteiger partial charge in [-0.25, -0.2) is 0 Å². The van der Waals surface area contributed by atoms with Crippen LogP contribution in [0, 0.1) is 0 Å². The molecule has 6 nitrogen and oxygen atoms in total. The molecule has 0 saturated carbocycles. The van der Waals surface area contributed by atoms with E-state index in [1.54, 1.807) is 24.4 Å². The molecule has 1 amide bonds. The number of amides is 1. The third kappa shape index (κ3) is 3.07. The summed E-state index contributed by atoms with van der Waals surface area (Å²) >= 11 is 0. The van der Waals surface area contributed by atoms with Crippen molar-refractivity contribution in [2.24, 2.45) is 0 Å². The smallest absolute Gasteiger partial charge is 0.339 e. The van der Waals surface area contributed by atoms with Crippen LogP contribution in [-0.4, -0.2) is 45.2 Å². The Labute approximate surface area is 122 Å². The summed E-state index contributed by atoms with van der Waals surface area (Å²) in [6.45, 7) is -1.34. The number of carbonyl (C=O) groups excluding carboxylic acids is 1. The van der Waals surface area contributed by atoms with Crippen LogP contribution in [0.5, 0.6) is 0 Å². The molecular weight excluding hydrogens is 301 g/mol. The van der Waals surface area contributed by atoms with E-state index in [9.17, 15) is 18.0 Å². The number of hydrogen-bond acceptors (Lipinski definition) is 5. The van der Waals surface area contributed by atoms with E-state index in [2.05, 4.69) is 15.1 Å². The molecule has 1 fully saturated rings. The van der Waals surface area contributed by atoms with Gasteiger partial charge in [-0.05, 0) is 12.1 Å². The molecule has 0 N–H and O–H groups in total. The number of rotatable bonds is 3. The lowest BCUT2D eigenvalue weighted by atomic mass is 10.1. The van der Waals surface area contributed by atoms with E-state index in [0.29, 0.717) is 5.69 Å². The number of carbonyl (C=O) groups is 1. The molecular formula is C13H11F3N4O2. The first-order chi connectivity index (χ1) is 10.4. The Morgan fingerprint density at radius 1 is 1.36 bits per heavy atom. The monoisotopic (exact) mass is 312 g/mol. The lowest BCUT2D eigenvalue weighted by Gasteiger charge is -2.17. The van der Waals surface area contributed by atoms with Crippen molar-refractivity contribution in [3.05, 3.63) is 30.3 Å². The lowest BCUT2D eigenvalue weighted by Crippen LogP contribution is -2.35. The average molecular weight is 312 g/mol. The summed E-state index contributed by atoms with van der Waals surface area (Å²) in [6.07, 6.45) is -2.92. The first-order valence-corrected chi connectivity index (χ1v) is 6.52. The topological polar surface area (TPSA) is 72.1 Å². The molecule has 3 heterocycles. The van der Waals surface area contributed by atoms with Gasteiger partial charge in [-0.15, -0.1) is 0 Å². The Kier molecular flexibility index (Phi) is 3.55. The molecule has 0 unspecified atom stereocenters. The normalized spacial score (nSPS) is 19.0. The van der Waals surface area contributed by atoms with Crippen molar-refractivity contribution >= 4 is 5.91 Å². The van der Waals surface area contributed by atoms with Crippen LogP contribution in [0.2, 0.25) is 0 Å². The van der Waals surface area contributed by atoms with Crippen molar-refractivity contribution in [2.75, 3.05) is 13.1 Å². The van der Waals surface area contributed by atoms with Crippen LogP contribution in [-0.2, 0) is 4.79 Å². The fourth-order valence-corrected chi connectivity index (χ4v) is 2.31. The second kappa shape index (κ2) is 5.39. The fourth-order valence-electron chi connectivity index (χ4n) is 2.31. The highest BCUT2D eigenvalue weighted by Gasteiger charge is 2.40. The van der Waals surface area contributed by atoms with E-state index in [1.165, 1.54) is 0 Å². The van der Waals surface area contributed by atoms with Crippen molar-refractivity contribution in [3.63, 3.8) is 0 Å². The van der Waals surface area contributed by atoms with Gasteiger partial charge in [0.2, 0.25) is 17.6 Å². The minimum atomic E-state index is -4.42. The molecule has 0 spiro atoms. The summed E-state index contributed by atoms with van der Waals surface area (Å²) in [4.78, 5) is 20.6. The van der Waals surface area contributed by atoms with Gasteiger partial charge in [-0.2, -0.15) is 18.2 Å². The highest BCUT2D eigenvalue weighted by molar-refractivity contribution is 5.79. The minimum Gasteiger partial charge on any atom is -0.339 e. The Balaban J connectivity index is 1.74. The zero-order valence-corrected chi connectivity index (χ0v) is 11.2. The quantitative estimate of drug-likeness (QED) is 0.867. The van der Waals surface area contributed by atoms with Crippen molar-refractivity contribution < 1.29 is 22.5 Å². The predicted octanol–water partition coefficient (Wildman–Crippen LogP) is 2.01. The number of halogens is 3. The van der Waals surface area contributed by atoms with Gasteiger partial charge < -0.3 is 9.42 Å². The zero-order chi connectivity index (χ0) is 15.7. The van der Waals surface area contributed by atoms with Gasteiger partial charge in [-0.1, -0.05) is 11.2 Å². The number of nitrogens with zero attached hydrogens (tertiary/aromatic N) is 4. The molecule has 1 aliphatic heterocycles. The molecule has 1 aliphatic rings. The highest BCUT2D eigenvalue weighted by Crippen LogP contribution is 2.30. The molecule has 1 atom stereocenters. The Hall–Kier alpha value is -2.45. The van der Waals surface area contributed by atoms with Crippen LogP contribution in [0.3, 0.4) is 0 Å². The van der Waals surface area contributed by atoms with Gasteiger partial charge in [0.1, 0.15) is 12.2 Å². The average Bonchev–Trinajstić information content (AvgIpc) is 3.06. The summed E-state index contributed by atoms with van der Waals surface area (Å²) in [5.41, 5.74) is 0.494. The highest BCUT2D eigenvalue weighted by atomic mass is 19.4. The van der Waals surface area contributed by atoms with Gasteiger partial charge in [0.15, 0.2) is 0 Å². The van der Waals surface area contributed by atoms with E-state index in [4.69, 9.17) is 4.52 Å². The van der Waals surface area contributed by atoms with Crippen LogP contribution in [0.1, 0.15) is 18.2 Å². The van der Waals surface area contributed by atoms with Crippen LogP contribution in [0.15, 0.2) is 28.9 Å². The molecule has 116 valence electrons. The van der Waals surface area contributed by atoms with E-state index in [0.717, 1.165) is 4.90 Å². The van der Waals surface area contributed by atoms with Crippen LogP contribution >= 0.6 is 0 Å². The van der Waals surface area contributed by atoms with Gasteiger partial charge in [-0.3, -0.25) is 9.78 Å². The van der Waals surface area contributed by atoms with Gasteiger partial charge in [0.05, 0.1) is 5.92 Å². The van der Waals surface area contributed by atoms with Crippen molar-refractivity contribution in [2.45, 2.75) is 18.5 Å². The molecule has 2 aromatic heterocycles. The molecule has 1 saturated heterocycles. The van der Waals surface area contributed by atoms with Crippen molar-refractivity contribution in [1.29, 1.82) is 0 Å². The standard InChI is InChI=1S/C13H11F3N4O2/c14-13(15,16)7-20-6-8(5-10(20)21)12-18-11(19-22-12)9-3-1-2-4-17-9/h1-4,8H,5-7H2/t8-/m0/s1. The van der Waals surface area contributed by atoms with E-state index >= 15 is 0 Å². The zero-order valence-electron chi connectivity index (χ0n) is 11.2. The van der Waals surface area contributed by atoms with E-state index < -0.39 is 24.5 Å². The van der Waals surface area contributed by atoms with Crippen molar-refractivity contribution in [3.8, 4) is 11.5 Å². The molecule has 0 bridgehead atoms. The molecule has 3 rings (SSSR count). The number of alkyl halides is 3. The largest absolute Gasteiger partial charge is 0.406 e. The maximum Gasteiger partial charge on any atom is 0.406 e. The summed E-state index contributed by atoms with van der Waals surface area (Å²) in [5, 5.41) is 3.76. The fraction of sp³-hybridized carbons (Fsp3) is 0.385. The van der Waals surface area contributed by atoms with Crippen LogP contribution in [0.25, 0.3) is 11.5 Å².